The van der Waals surface area contributed by atoms with Crippen molar-refractivity contribution in [2.24, 2.45) is 0 Å². The molecule has 0 radical (unpaired) electrons. The molecule has 128 valence electrons. The topological polar surface area (TPSA) is 41.1 Å². The van der Waals surface area contributed by atoms with Crippen LogP contribution in [0.25, 0.3) is 21.5 Å². The number of fused-ring (bicyclic) bond motifs is 2. The summed E-state index contributed by atoms with van der Waals surface area (Å²) in [6.45, 7) is 9.57. The zero-order valence-corrected chi connectivity index (χ0v) is 15.0. The predicted octanol–water partition coefficient (Wildman–Crippen LogP) is 5.14. The molecule has 0 aromatic heterocycles. The second-order valence-corrected chi connectivity index (χ2v) is 6.52. The zero-order valence-electron chi connectivity index (χ0n) is 15.0. The number of hydrogen-bond acceptors (Lipinski definition) is 2. The third-order valence-corrected chi connectivity index (χ3v) is 4.59. The summed E-state index contributed by atoms with van der Waals surface area (Å²) in [5.41, 5.74) is 2.74. The Morgan fingerprint density at radius 1 is 1.08 bits per heavy atom. The van der Waals surface area contributed by atoms with E-state index in [2.05, 4.69) is 72.7 Å². The van der Waals surface area contributed by atoms with Gasteiger partial charge in [-0.05, 0) is 65.6 Å². The molecule has 3 aromatic carbocycles. The Labute approximate surface area is 148 Å². The summed E-state index contributed by atoms with van der Waals surface area (Å²) in [6.07, 6.45) is 0.662. The molecule has 0 saturated heterocycles. The summed E-state index contributed by atoms with van der Waals surface area (Å²) in [7, 11) is 0. The Kier molecular flexibility index (Phi) is 4.75. The molecule has 0 aliphatic carbocycles. The third kappa shape index (κ3) is 3.50. The van der Waals surface area contributed by atoms with Crippen LogP contribution >= 0.6 is 0 Å². The number of rotatable bonds is 5. The van der Waals surface area contributed by atoms with Crippen molar-refractivity contribution in [3.05, 3.63) is 66.2 Å². The van der Waals surface area contributed by atoms with Crippen molar-refractivity contribution in [1.82, 2.24) is 5.32 Å². The van der Waals surface area contributed by atoms with Crippen LogP contribution in [0.2, 0.25) is 0 Å². The third-order valence-electron chi connectivity index (χ3n) is 4.59. The van der Waals surface area contributed by atoms with Crippen LogP contribution in [-0.4, -0.2) is 12.1 Å². The number of hydrogen-bond donors (Lipinski definition) is 2. The van der Waals surface area contributed by atoms with Crippen LogP contribution in [0.3, 0.4) is 0 Å². The number of aryl methyl sites for hydroxylation is 1. The molecule has 25 heavy (non-hydrogen) atoms. The zero-order chi connectivity index (χ0) is 18.0. The van der Waals surface area contributed by atoms with E-state index in [-0.39, 0.29) is 12.1 Å². The molecule has 1 atom stereocenters. The van der Waals surface area contributed by atoms with Gasteiger partial charge in [0.25, 0.3) is 0 Å². The molecule has 0 fully saturated rings. The molecule has 0 saturated carbocycles. The van der Waals surface area contributed by atoms with E-state index in [4.69, 9.17) is 0 Å². The SMILES string of the molecule is C=C(C)C(=O)NC(CC)Nc1ccc2cc3ccccc3cc2c1C. The number of benzene rings is 3. The van der Waals surface area contributed by atoms with Gasteiger partial charge >= 0.3 is 0 Å². The molecule has 0 heterocycles. The highest BCUT2D eigenvalue weighted by Crippen LogP contribution is 2.29. The maximum absolute atomic E-state index is 11.9. The van der Waals surface area contributed by atoms with Gasteiger partial charge in [-0.15, -0.1) is 0 Å². The average molecular weight is 332 g/mol. The van der Waals surface area contributed by atoms with Crippen molar-refractivity contribution in [2.45, 2.75) is 33.4 Å². The summed E-state index contributed by atoms with van der Waals surface area (Å²) < 4.78 is 0. The number of amides is 1. The molecule has 3 nitrogen and oxygen atoms in total. The standard InChI is InChI=1S/C22H24N2O/c1-5-21(24-22(25)14(2)3)23-20-11-10-18-12-16-8-6-7-9-17(16)13-19(18)15(20)4/h6-13,21,23H,2,5H2,1,3-4H3,(H,24,25). The number of carbonyl (C=O) groups is 1. The van der Waals surface area contributed by atoms with Gasteiger partial charge in [-0.2, -0.15) is 0 Å². The van der Waals surface area contributed by atoms with E-state index in [1.807, 2.05) is 6.92 Å². The first-order valence-electron chi connectivity index (χ1n) is 8.64. The van der Waals surface area contributed by atoms with Gasteiger partial charge < -0.3 is 10.6 Å². The van der Waals surface area contributed by atoms with Crippen LogP contribution in [-0.2, 0) is 4.79 Å². The first-order valence-corrected chi connectivity index (χ1v) is 8.64. The predicted molar refractivity (Wildman–Crippen MR) is 107 cm³/mol. The van der Waals surface area contributed by atoms with Gasteiger partial charge in [-0.3, -0.25) is 4.79 Å². The van der Waals surface area contributed by atoms with Crippen LogP contribution in [0.5, 0.6) is 0 Å². The Hall–Kier alpha value is -2.81. The largest absolute Gasteiger partial charge is 0.365 e. The molecular formula is C22H24N2O. The fourth-order valence-corrected chi connectivity index (χ4v) is 3.03. The number of anilines is 1. The van der Waals surface area contributed by atoms with Crippen LogP contribution in [0.15, 0.2) is 60.7 Å². The first-order chi connectivity index (χ1) is 12.0. The van der Waals surface area contributed by atoms with Gasteiger partial charge in [0.2, 0.25) is 5.91 Å². The molecule has 1 unspecified atom stereocenters. The molecule has 3 heteroatoms. The molecule has 0 spiro atoms. The van der Waals surface area contributed by atoms with Gasteiger partial charge in [0, 0.05) is 11.3 Å². The van der Waals surface area contributed by atoms with E-state index < -0.39 is 0 Å². The fraction of sp³-hybridized carbons (Fsp3) is 0.227. The molecule has 0 bridgehead atoms. The lowest BCUT2D eigenvalue weighted by molar-refractivity contribution is -0.117. The summed E-state index contributed by atoms with van der Waals surface area (Å²) in [5, 5.41) is 11.3. The molecule has 0 aliphatic rings. The molecule has 1 amide bonds. The van der Waals surface area contributed by atoms with Gasteiger partial charge in [0.05, 0.1) is 6.17 Å². The second-order valence-electron chi connectivity index (χ2n) is 6.52. The first kappa shape index (κ1) is 17.0. The Morgan fingerprint density at radius 3 is 2.40 bits per heavy atom. The minimum absolute atomic E-state index is 0.121. The van der Waals surface area contributed by atoms with Gasteiger partial charge in [-0.1, -0.05) is 43.8 Å². The van der Waals surface area contributed by atoms with Crippen LogP contribution in [0, 0.1) is 6.92 Å². The van der Waals surface area contributed by atoms with E-state index in [1.165, 1.54) is 27.1 Å². The van der Waals surface area contributed by atoms with Crippen molar-refractivity contribution >= 4 is 33.1 Å². The summed E-state index contributed by atoms with van der Waals surface area (Å²) in [5.74, 6) is -0.121. The normalized spacial score (nSPS) is 12.1. The molecule has 3 aromatic rings. The van der Waals surface area contributed by atoms with E-state index in [0.29, 0.717) is 5.57 Å². The van der Waals surface area contributed by atoms with Crippen molar-refractivity contribution in [1.29, 1.82) is 0 Å². The number of nitrogens with one attached hydrogen (secondary N) is 2. The maximum Gasteiger partial charge on any atom is 0.247 e. The minimum Gasteiger partial charge on any atom is -0.365 e. The van der Waals surface area contributed by atoms with Crippen LogP contribution < -0.4 is 10.6 Å². The van der Waals surface area contributed by atoms with E-state index in [0.717, 1.165) is 12.1 Å². The van der Waals surface area contributed by atoms with Gasteiger partial charge in [0.1, 0.15) is 0 Å². The highest BCUT2D eigenvalue weighted by molar-refractivity contribution is 6.01. The smallest absolute Gasteiger partial charge is 0.247 e. The molecule has 3 rings (SSSR count). The Morgan fingerprint density at radius 2 is 1.76 bits per heavy atom. The van der Waals surface area contributed by atoms with Crippen molar-refractivity contribution in [3.8, 4) is 0 Å². The van der Waals surface area contributed by atoms with E-state index >= 15 is 0 Å². The summed E-state index contributed by atoms with van der Waals surface area (Å²) >= 11 is 0. The van der Waals surface area contributed by atoms with Gasteiger partial charge in [0.15, 0.2) is 0 Å². The van der Waals surface area contributed by atoms with Crippen molar-refractivity contribution in [2.75, 3.05) is 5.32 Å². The second kappa shape index (κ2) is 6.98. The Balaban J connectivity index is 1.96. The highest BCUT2D eigenvalue weighted by Gasteiger charge is 2.13. The molecule has 2 N–H and O–H groups in total. The van der Waals surface area contributed by atoms with Gasteiger partial charge in [-0.25, -0.2) is 0 Å². The van der Waals surface area contributed by atoms with Crippen molar-refractivity contribution < 1.29 is 4.79 Å². The van der Waals surface area contributed by atoms with E-state index in [9.17, 15) is 4.79 Å². The van der Waals surface area contributed by atoms with E-state index in [1.54, 1.807) is 6.92 Å². The van der Waals surface area contributed by atoms with Crippen LogP contribution in [0.1, 0.15) is 25.8 Å². The molecule has 0 aliphatic heterocycles. The summed E-state index contributed by atoms with van der Waals surface area (Å²) in [6, 6.07) is 17.1. The Bertz CT molecular complexity index is 959. The quantitative estimate of drug-likeness (QED) is 0.386. The lowest BCUT2D eigenvalue weighted by Crippen LogP contribution is -2.40. The lowest BCUT2D eigenvalue weighted by atomic mass is 9.99. The minimum atomic E-state index is -0.124. The number of carbonyl (C=O) groups excluding carboxylic acids is 1. The maximum atomic E-state index is 11.9. The fourth-order valence-electron chi connectivity index (χ4n) is 3.03. The highest BCUT2D eigenvalue weighted by atomic mass is 16.1. The lowest BCUT2D eigenvalue weighted by Gasteiger charge is -2.22. The monoisotopic (exact) mass is 332 g/mol. The molecular weight excluding hydrogens is 308 g/mol. The van der Waals surface area contributed by atoms with Crippen LogP contribution in [0.4, 0.5) is 5.69 Å². The van der Waals surface area contributed by atoms with Crippen molar-refractivity contribution in [3.63, 3.8) is 0 Å². The average Bonchev–Trinajstić information content (AvgIpc) is 2.61. The summed E-state index contributed by atoms with van der Waals surface area (Å²) in [4.78, 5) is 11.9.